The molecule has 2 amide bonds. The zero-order valence-corrected chi connectivity index (χ0v) is 14.1. The molecule has 1 aromatic carbocycles. The lowest BCUT2D eigenvalue weighted by molar-refractivity contribution is -0.134. The molecule has 2 aliphatic carbocycles. The molecule has 2 aliphatic rings. The molecule has 0 saturated heterocycles. The quantitative estimate of drug-likeness (QED) is 0.743. The summed E-state index contributed by atoms with van der Waals surface area (Å²) in [7, 11) is 0. The molecule has 130 valence electrons. The number of halogens is 1. The van der Waals surface area contributed by atoms with Gasteiger partial charge in [0, 0.05) is 30.5 Å². The van der Waals surface area contributed by atoms with Crippen LogP contribution in [-0.2, 0) is 9.59 Å². The van der Waals surface area contributed by atoms with Crippen molar-refractivity contribution in [2.75, 3.05) is 6.54 Å². The van der Waals surface area contributed by atoms with E-state index in [4.69, 9.17) is 0 Å². The molecule has 1 N–H and O–H groups in total. The lowest BCUT2D eigenvalue weighted by Crippen LogP contribution is -2.36. The number of hydrogen-bond acceptors (Lipinski definition) is 2. The number of benzene rings is 1. The Hall–Kier alpha value is -1.91. The molecular formula is C19H25FN2O2. The van der Waals surface area contributed by atoms with Gasteiger partial charge < -0.3 is 10.2 Å². The summed E-state index contributed by atoms with van der Waals surface area (Å²) >= 11 is 0. The number of hydrogen-bond donors (Lipinski definition) is 1. The Kier molecular flexibility index (Phi) is 5.17. The Bertz CT molecular complexity index is 611. The maximum Gasteiger partial charge on any atom is 0.223 e. The zero-order chi connectivity index (χ0) is 17.1. The van der Waals surface area contributed by atoms with Crippen LogP contribution in [0.2, 0.25) is 0 Å². The summed E-state index contributed by atoms with van der Waals surface area (Å²) in [6.07, 6.45) is 4.97. The highest BCUT2D eigenvalue weighted by Gasteiger charge is 2.36. The average Bonchev–Trinajstić information content (AvgIpc) is 3.45. The molecule has 24 heavy (non-hydrogen) atoms. The van der Waals surface area contributed by atoms with Crippen LogP contribution in [-0.4, -0.2) is 29.3 Å². The Morgan fingerprint density at radius 1 is 1.25 bits per heavy atom. The molecule has 1 atom stereocenters. The molecule has 0 spiro atoms. The van der Waals surface area contributed by atoms with Crippen LogP contribution < -0.4 is 5.32 Å². The average molecular weight is 332 g/mol. The van der Waals surface area contributed by atoms with Crippen molar-refractivity contribution >= 4 is 11.8 Å². The van der Waals surface area contributed by atoms with Gasteiger partial charge in [0.1, 0.15) is 5.82 Å². The second-order valence-electron chi connectivity index (χ2n) is 6.90. The van der Waals surface area contributed by atoms with E-state index in [2.05, 4.69) is 5.32 Å². The fourth-order valence-corrected chi connectivity index (χ4v) is 3.12. The van der Waals surface area contributed by atoms with Gasteiger partial charge in [-0.1, -0.05) is 18.2 Å². The van der Waals surface area contributed by atoms with Crippen molar-refractivity contribution in [3.63, 3.8) is 0 Å². The number of carbonyl (C=O) groups excluding carboxylic acids is 2. The molecule has 0 radical (unpaired) electrons. The first-order chi connectivity index (χ1) is 11.6. The minimum atomic E-state index is -0.264. The van der Waals surface area contributed by atoms with E-state index in [1.54, 1.807) is 18.2 Å². The minimum absolute atomic E-state index is 0.0499. The van der Waals surface area contributed by atoms with Crippen LogP contribution in [0.3, 0.4) is 0 Å². The summed E-state index contributed by atoms with van der Waals surface area (Å²) in [6.45, 7) is 2.43. The third kappa shape index (κ3) is 4.13. The van der Waals surface area contributed by atoms with Crippen molar-refractivity contribution in [1.29, 1.82) is 0 Å². The van der Waals surface area contributed by atoms with E-state index in [9.17, 15) is 14.0 Å². The van der Waals surface area contributed by atoms with Gasteiger partial charge >= 0.3 is 0 Å². The van der Waals surface area contributed by atoms with Gasteiger partial charge in [0.05, 0.1) is 6.04 Å². The summed E-state index contributed by atoms with van der Waals surface area (Å²) in [4.78, 5) is 26.1. The number of nitrogens with zero attached hydrogens (tertiary/aromatic N) is 1. The van der Waals surface area contributed by atoms with Crippen molar-refractivity contribution in [3.05, 3.63) is 35.6 Å². The van der Waals surface area contributed by atoms with E-state index >= 15 is 0 Å². The third-order valence-electron chi connectivity index (χ3n) is 4.82. The van der Waals surface area contributed by atoms with E-state index in [0.717, 1.165) is 25.7 Å². The first-order valence-electron chi connectivity index (χ1n) is 8.91. The van der Waals surface area contributed by atoms with Crippen molar-refractivity contribution < 1.29 is 14.0 Å². The lowest BCUT2D eigenvalue weighted by Gasteiger charge is -2.30. The van der Waals surface area contributed by atoms with Crippen LogP contribution in [0.15, 0.2) is 24.3 Å². The molecule has 1 aromatic rings. The fraction of sp³-hybridized carbons (Fsp3) is 0.579. The fourth-order valence-electron chi connectivity index (χ4n) is 3.12. The molecule has 0 unspecified atom stereocenters. The summed E-state index contributed by atoms with van der Waals surface area (Å²) in [6, 6.07) is 6.63. The van der Waals surface area contributed by atoms with E-state index < -0.39 is 0 Å². The van der Waals surface area contributed by atoms with Crippen molar-refractivity contribution in [1.82, 2.24) is 10.2 Å². The van der Waals surface area contributed by atoms with Gasteiger partial charge in [-0.2, -0.15) is 0 Å². The SMILES string of the molecule is C[C@@H](c1ccccc1F)N(C(=O)CCCNC(=O)C1CC1)C1CC1. The Morgan fingerprint density at radius 2 is 1.96 bits per heavy atom. The molecule has 3 rings (SSSR count). The first-order valence-corrected chi connectivity index (χ1v) is 8.91. The van der Waals surface area contributed by atoms with Crippen molar-refractivity contribution in [2.45, 2.75) is 57.5 Å². The van der Waals surface area contributed by atoms with Gasteiger partial charge in [0.15, 0.2) is 0 Å². The highest BCUT2D eigenvalue weighted by molar-refractivity contribution is 5.81. The van der Waals surface area contributed by atoms with E-state index in [0.29, 0.717) is 24.9 Å². The van der Waals surface area contributed by atoms with Gasteiger partial charge in [-0.3, -0.25) is 9.59 Å². The smallest absolute Gasteiger partial charge is 0.223 e. The van der Waals surface area contributed by atoms with Crippen LogP contribution in [0.1, 0.15) is 57.1 Å². The van der Waals surface area contributed by atoms with Crippen LogP contribution in [0.4, 0.5) is 4.39 Å². The molecule has 2 saturated carbocycles. The molecule has 0 heterocycles. The highest BCUT2D eigenvalue weighted by atomic mass is 19.1. The molecule has 5 heteroatoms. The zero-order valence-electron chi connectivity index (χ0n) is 14.1. The first kappa shape index (κ1) is 16.9. The standard InChI is InChI=1S/C19H25FN2O2/c1-13(16-5-2-3-6-17(16)20)22(15-10-11-15)18(23)7-4-12-21-19(24)14-8-9-14/h2-3,5-6,13-15H,4,7-12H2,1H3,(H,21,24)/t13-/m0/s1. The Balaban J connectivity index is 1.53. The van der Waals surface area contributed by atoms with Gasteiger partial charge in [0.25, 0.3) is 0 Å². The third-order valence-corrected chi connectivity index (χ3v) is 4.82. The largest absolute Gasteiger partial charge is 0.356 e. The normalized spacial score (nSPS) is 18.1. The summed E-state index contributed by atoms with van der Waals surface area (Å²) in [5, 5.41) is 2.88. The van der Waals surface area contributed by atoms with Crippen molar-refractivity contribution in [3.8, 4) is 0 Å². The second kappa shape index (κ2) is 7.32. The van der Waals surface area contributed by atoms with Gasteiger partial charge in [0.2, 0.25) is 11.8 Å². The Morgan fingerprint density at radius 3 is 2.58 bits per heavy atom. The van der Waals surface area contributed by atoms with E-state index in [-0.39, 0.29) is 35.6 Å². The van der Waals surface area contributed by atoms with Crippen molar-refractivity contribution in [2.24, 2.45) is 5.92 Å². The number of nitrogens with one attached hydrogen (secondary N) is 1. The molecule has 4 nitrogen and oxygen atoms in total. The molecule has 2 fully saturated rings. The highest BCUT2D eigenvalue weighted by Crippen LogP contribution is 2.35. The predicted molar refractivity (Wildman–Crippen MR) is 89.7 cm³/mol. The van der Waals surface area contributed by atoms with Gasteiger partial charge in [-0.05, 0) is 45.1 Å². The summed E-state index contributed by atoms with van der Waals surface area (Å²) < 4.78 is 14.0. The van der Waals surface area contributed by atoms with Crippen LogP contribution >= 0.6 is 0 Å². The topological polar surface area (TPSA) is 49.4 Å². The maximum atomic E-state index is 14.0. The van der Waals surface area contributed by atoms with E-state index in [1.807, 2.05) is 11.8 Å². The van der Waals surface area contributed by atoms with E-state index in [1.165, 1.54) is 6.07 Å². The van der Waals surface area contributed by atoms with Gasteiger partial charge in [-0.15, -0.1) is 0 Å². The minimum Gasteiger partial charge on any atom is -0.356 e. The van der Waals surface area contributed by atoms with Crippen LogP contribution in [0, 0.1) is 11.7 Å². The second-order valence-corrected chi connectivity index (χ2v) is 6.90. The number of carbonyl (C=O) groups is 2. The number of amides is 2. The van der Waals surface area contributed by atoms with Gasteiger partial charge in [-0.25, -0.2) is 4.39 Å². The van der Waals surface area contributed by atoms with Crippen LogP contribution in [0.5, 0.6) is 0 Å². The summed E-state index contributed by atoms with van der Waals surface area (Å²) in [5.74, 6) is 0.0973. The lowest BCUT2D eigenvalue weighted by atomic mass is 10.1. The predicted octanol–water partition coefficient (Wildman–Crippen LogP) is 3.18. The molecule has 0 aliphatic heterocycles. The number of rotatable bonds is 8. The summed E-state index contributed by atoms with van der Waals surface area (Å²) in [5.41, 5.74) is 0.569. The van der Waals surface area contributed by atoms with Crippen LogP contribution in [0.25, 0.3) is 0 Å². The molecule has 0 aromatic heterocycles. The molecular weight excluding hydrogens is 307 g/mol. The maximum absolute atomic E-state index is 14.0. The Labute approximate surface area is 142 Å². The monoisotopic (exact) mass is 332 g/mol. The molecule has 0 bridgehead atoms.